The summed E-state index contributed by atoms with van der Waals surface area (Å²) in [5.74, 6) is -0.319. The molecule has 0 fully saturated rings. The lowest BCUT2D eigenvalue weighted by molar-refractivity contribution is -0.136. The highest BCUT2D eigenvalue weighted by Gasteiger charge is 2.16. The van der Waals surface area contributed by atoms with Gasteiger partial charge in [-0.15, -0.1) is 0 Å². The van der Waals surface area contributed by atoms with Gasteiger partial charge in [-0.2, -0.15) is 5.10 Å². The summed E-state index contributed by atoms with van der Waals surface area (Å²) in [6.07, 6.45) is 1.48. The van der Waals surface area contributed by atoms with Crippen LogP contribution in [-0.4, -0.2) is 43.9 Å². The van der Waals surface area contributed by atoms with E-state index in [0.717, 1.165) is 22.6 Å². The maximum atomic E-state index is 12.3. The van der Waals surface area contributed by atoms with E-state index in [9.17, 15) is 9.59 Å². The smallest absolute Gasteiger partial charge is 0.329 e. The molecule has 3 rings (SSSR count). The van der Waals surface area contributed by atoms with Crippen LogP contribution in [0.25, 0.3) is 5.69 Å². The summed E-state index contributed by atoms with van der Waals surface area (Å²) in [6.45, 7) is 3.85. The summed E-state index contributed by atoms with van der Waals surface area (Å²) in [4.78, 5) is 24.5. The fourth-order valence-corrected chi connectivity index (χ4v) is 3.65. The minimum atomic E-state index is -0.926. The van der Waals surface area contributed by atoms with Crippen molar-refractivity contribution >= 4 is 35.3 Å². The number of hydrogen-bond acceptors (Lipinski definition) is 6. The molecule has 2 N–H and O–H groups in total. The lowest BCUT2D eigenvalue weighted by atomic mass is 10.2. The first-order chi connectivity index (χ1) is 16.3. The van der Waals surface area contributed by atoms with Crippen molar-refractivity contribution in [2.75, 3.05) is 26.6 Å². The lowest BCUT2D eigenvalue weighted by Gasteiger charge is -2.11. The van der Waals surface area contributed by atoms with Gasteiger partial charge in [-0.3, -0.25) is 9.59 Å². The van der Waals surface area contributed by atoms with Crippen molar-refractivity contribution in [1.29, 1.82) is 0 Å². The number of hydrogen-bond donors (Lipinski definition) is 2. The zero-order chi connectivity index (χ0) is 24.8. The summed E-state index contributed by atoms with van der Waals surface area (Å²) in [6, 6.07) is 12.2. The third kappa shape index (κ3) is 5.32. The molecule has 0 saturated carbocycles. The van der Waals surface area contributed by atoms with E-state index in [1.165, 1.54) is 20.4 Å². The van der Waals surface area contributed by atoms with Gasteiger partial charge in [0.05, 0.1) is 38.3 Å². The molecule has 0 aliphatic carbocycles. The van der Waals surface area contributed by atoms with E-state index in [2.05, 4.69) is 15.8 Å². The zero-order valence-corrected chi connectivity index (χ0v) is 20.2. The molecule has 0 atom stereocenters. The number of carbonyl (C=O) groups is 2. The Morgan fingerprint density at radius 1 is 0.941 bits per heavy atom. The lowest BCUT2D eigenvalue weighted by Crippen LogP contribution is -2.32. The Labute approximate surface area is 202 Å². The fourth-order valence-electron chi connectivity index (χ4n) is 3.40. The molecule has 9 nitrogen and oxygen atoms in total. The molecule has 2 aromatic carbocycles. The van der Waals surface area contributed by atoms with Gasteiger partial charge in [0, 0.05) is 28.7 Å². The number of nitrogens with one attached hydrogen (secondary N) is 2. The van der Waals surface area contributed by atoms with E-state index in [-0.39, 0.29) is 0 Å². The monoisotopic (exact) mass is 484 g/mol. The standard InChI is InChI=1S/C24H25ClN4O5/c1-14-10-16(15(2)29(14)17-6-9-21(33-4)19(25)11-17)13-26-28-24(31)23(30)27-20-8-7-18(32-3)12-22(20)34-5/h6-13H,1-5H3,(H,27,30)(H,28,31)/b26-13-. The second-order valence-corrected chi connectivity index (χ2v) is 7.61. The topological polar surface area (TPSA) is 103 Å². The maximum Gasteiger partial charge on any atom is 0.329 e. The molecule has 2 amide bonds. The Kier molecular flexibility index (Phi) is 7.80. The second-order valence-electron chi connectivity index (χ2n) is 7.20. The summed E-state index contributed by atoms with van der Waals surface area (Å²) in [7, 11) is 4.52. The van der Waals surface area contributed by atoms with E-state index in [4.69, 9.17) is 25.8 Å². The van der Waals surface area contributed by atoms with E-state index in [1.807, 2.05) is 30.5 Å². The molecule has 0 unspecified atom stereocenters. The van der Waals surface area contributed by atoms with Gasteiger partial charge in [0.25, 0.3) is 0 Å². The normalized spacial score (nSPS) is 10.8. The summed E-state index contributed by atoms with van der Waals surface area (Å²) in [5.41, 5.74) is 6.01. The van der Waals surface area contributed by atoms with Crippen LogP contribution in [0.5, 0.6) is 17.2 Å². The molecule has 0 aliphatic heterocycles. The van der Waals surface area contributed by atoms with Gasteiger partial charge in [-0.25, -0.2) is 5.43 Å². The molecule has 0 aliphatic rings. The molecule has 3 aromatic rings. The molecule has 178 valence electrons. The van der Waals surface area contributed by atoms with Gasteiger partial charge in [-0.1, -0.05) is 11.6 Å². The second kappa shape index (κ2) is 10.8. The van der Waals surface area contributed by atoms with E-state index < -0.39 is 11.8 Å². The van der Waals surface area contributed by atoms with Crippen molar-refractivity contribution < 1.29 is 23.8 Å². The van der Waals surface area contributed by atoms with Gasteiger partial charge in [0.15, 0.2) is 0 Å². The maximum absolute atomic E-state index is 12.3. The number of nitrogens with zero attached hydrogens (tertiary/aromatic N) is 2. The van der Waals surface area contributed by atoms with Crippen LogP contribution in [0.2, 0.25) is 5.02 Å². The van der Waals surface area contributed by atoms with Crippen LogP contribution in [0.15, 0.2) is 47.6 Å². The Hall–Kier alpha value is -3.98. The van der Waals surface area contributed by atoms with Gasteiger partial charge in [-0.05, 0) is 50.2 Å². The number of halogens is 1. The number of aromatic nitrogens is 1. The number of benzene rings is 2. The number of rotatable bonds is 7. The summed E-state index contributed by atoms with van der Waals surface area (Å²) in [5, 5.41) is 6.92. The number of hydrazone groups is 1. The minimum Gasteiger partial charge on any atom is -0.497 e. The number of aryl methyl sites for hydroxylation is 1. The molecular weight excluding hydrogens is 460 g/mol. The average molecular weight is 485 g/mol. The predicted molar refractivity (Wildman–Crippen MR) is 131 cm³/mol. The third-order valence-corrected chi connectivity index (χ3v) is 5.39. The quantitative estimate of drug-likeness (QED) is 0.301. The number of methoxy groups -OCH3 is 3. The first-order valence-corrected chi connectivity index (χ1v) is 10.6. The van der Waals surface area contributed by atoms with Crippen LogP contribution in [-0.2, 0) is 9.59 Å². The van der Waals surface area contributed by atoms with Crippen molar-refractivity contribution in [3.63, 3.8) is 0 Å². The summed E-state index contributed by atoms with van der Waals surface area (Å²) < 4.78 is 17.5. The highest BCUT2D eigenvalue weighted by Crippen LogP contribution is 2.30. The van der Waals surface area contributed by atoms with Gasteiger partial charge >= 0.3 is 11.8 Å². The Balaban J connectivity index is 1.70. The number of amides is 2. The van der Waals surface area contributed by atoms with E-state index in [0.29, 0.717) is 28.0 Å². The van der Waals surface area contributed by atoms with Crippen molar-refractivity contribution in [3.8, 4) is 22.9 Å². The molecular formula is C24H25ClN4O5. The Morgan fingerprint density at radius 2 is 1.68 bits per heavy atom. The molecule has 0 saturated heterocycles. The fraction of sp³-hybridized carbons (Fsp3) is 0.208. The first-order valence-electron chi connectivity index (χ1n) is 10.2. The molecule has 1 aromatic heterocycles. The number of ether oxygens (including phenoxy) is 3. The van der Waals surface area contributed by atoms with Crippen molar-refractivity contribution in [2.24, 2.45) is 5.10 Å². The summed E-state index contributed by atoms with van der Waals surface area (Å²) >= 11 is 6.27. The highest BCUT2D eigenvalue weighted by molar-refractivity contribution is 6.39. The highest BCUT2D eigenvalue weighted by atomic mass is 35.5. The van der Waals surface area contributed by atoms with Gasteiger partial charge < -0.3 is 24.1 Å². The van der Waals surface area contributed by atoms with Crippen LogP contribution in [0.4, 0.5) is 5.69 Å². The first kappa shape index (κ1) is 24.7. The van der Waals surface area contributed by atoms with Crippen molar-refractivity contribution in [1.82, 2.24) is 9.99 Å². The van der Waals surface area contributed by atoms with Crippen LogP contribution in [0.3, 0.4) is 0 Å². The molecule has 34 heavy (non-hydrogen) atoms. The molecule has 0 bridgehead atoms. The van der Waals surface area contributed by atoms with Crippen LogP contribution in [0, 0.1) is 13.8 Å². The van der Waals surface area contributed by atoms with E-state index >= 15 is 0 Å². The average Bonchev–Trinajstić information content (AvgIpc) is 3.11. The van der Waals surface area contributed by atoms with Gasteiger partial charge in [0.2, 0.25) is 0 Å². The van der Waals surface area contributed by atoms with E-state index in [1.54, 1.807) is 37.4 Å². The van der Waals surface area contributed by atoms with Crippen LogP contribution < -0.4 is 25.0 Å². The van der Waals surface area contributed by atoms with Crippen LogP contribution in [0.1, 0.15) is 17.0 Å². The van der Waals surface area contributed by atoms with Crippen molar-refractivity contribution in [2.45, 2.75) is 13.8 Å². The minimum absolute atomic E-state index is 0.328. The molecule has 0 spiro atoms. The SMILES string of the molecule is COc1ccc(NC(=O)C(=O)N/N=C\c2cc(C)n(-c3ccc(OC)c(Cl)c3)c2C)c(OC)c1. The third-order valence-electron chi connectivity index (χ3n) is 5.10. The molecule has 0 radical (unpaired) electrons. The Morgan fingerprint density at radius 3 is 2.32 bits per heavy atom. The van der Waals surface area contributed by atoms with Gasteiger partial charge in [0.1, 0.15) is 17.2 Å². The van der Waals surface area contributed by atoms with Crippen molar-refractivity contribution in [3.05, 3.63) is 64.4 Å². The Bertz CT molecular complexity index is 1250. The molecule has 1 heterocycles. The van der Waals surface area contributed by atoms with Crippen LogP contribution >= 0.6 is 11.6 Å². The largest absolute Gasteiger partial charge is 0.497 e. The predicted octanol–water partition coefficient (Wildman–Crippen LogP) is 3.86. The number of anilines is 1. The zero-order valence-electron chi connectivity index (χ0n) is 19.4. The number of carbonyl (C=O) groups excluding carboxylic acids is 2. The molecule has 10 heteroatoms.